The molecular weight excluding hydrogens is 400 g/mol. The number of rotatable bonds is 7. The zero-order valence-corrected chi connectivity index (χ0v) is 16.1. The first kappa shape index (κ1) is 20.2. The second-order valence-electron chi connectivity index (χ2n) is 6.10. The first-order chi connectivity index (χ1) is 13.9. The van der Waals surface area contributed by atoms with Gasteiger partial charge in [0.25, 0.3) is 5.91 Å². The highest BCUT2D eigenvalue weighted by molar-refractivity contribution is 6.30. The van der Waals surface area contributed by atoms with Crippen LogP contribution in [0.25, 0.3) is 6.08 Å². The van der Waals surface area contributed by atoms with Crippen molar-refractivity contribution >= 4 is 35.6 Å². The van der Waals surface area contributed by atoms with Gasteiger partial charge in [0.2, 0.25) is 0 Å². The summed E-state index contributed by atoms with van der Waals surface area (Å²) in [5.74, 6) is -1.02. The van der Waals surface area contributed by atoms with Gasteiger partial charge in [-0.05, 0) is 41.5 Å². The number of carbonyl (C=O) groups is 3. The molecule has 0 spiro atoms. The summed E-state index contributed by atoms with van der Waals surface area (Å²) in [7, 11) is 1.41. The van der Waals surface area contributed by atoms with Crippen LogP contribution in [0.15, 0.2) is 48.2 Å². The summed E-state index contributed by atoms with van der Waals surface area (Å²) in [6.45, 7) is -0.393. The molecule has 2 aromatic carbocycles. The third kappa shape index (κ3) is 4.85. The molecule has 0 aromatic heterocycles. The van der Waals surface area contributed by atoms with Gasteiger partial charge in [0, 0.05) is 5.02 Å². The molecule has 0 unspecified atom stereocenters. The standard InChI is InChI=1S/C20H17ClN2O6/c1-28-17-9-13(4-7-16(17)29-11-18(24)25)8-15-19(26)23(20(27)22-15)10-12-2-5-14(21)6-3-12/h2-9H,10-11H2,1H3,(H,22,27)(H,24,25). The Hall–Kier alpha value is -3.52. The number of carbonyl (C=O) groups excluding carboxylic acids is 2. The van der Waals surface area contributed by atoms with Crippen LogP contribution >= 0.6 is 11.6 Å². The summed E-state index contributed by atoms with van der Waals surface area (Å²) in [6.07, 6.45) is 1.51. The van der Waals surface area contributed by atoms with Crippen molar-refractivity contribution in [1.29, 1.82) is 0 Å². The van der Waals surface area contributed by atoms with E-state index >= 15 is 0 Å². The van der Waals surface area contributed by atoms with Crippen LogP contribution in [-0.4, -0.2) is 41.6 Å². The van der Waals surface area contributed by atoms with Crippen molar-refractivity contribution in [1.82, 2.24) is 10.2 Å². The number of imide groups is 1. The van der Waals surface area contributed by atoms with Crippen molar-refractivity contribution in [3.63, 3.8) is 0 Å². The minimum Gasteiger partial charge on any atom is -0.493 e. The van der Waals surface area contributed by atoms with Crippen molar-refractivity contribution in [2.75, 3.05) is 13.7 Å². The van der Waals surface area contributed by atoms with E-state index in [1.807, 2.05) is 0 Å². The van der Waals surface area contributed by atoms with Gasteiger partial charge in [-0.3, -0.25) is 9.69 Å². The number of hydrogen-bond donors (Lipinski definition) is 2. The van der Waals surface area contributed by atoms with E-state index in [9.17, 15) is 14.4 Å². The third-order valence-electron chi connectivity index (χ3n) is 4.07. The first-order valence-electron chi connectivity index (χ1n) is 8.49. The Bertz CT molecular complexity index is 987. The average molecular weight is 417 g/mol. The summed E-state index contributed by atoms with van der Waals surface area (Å²) in [5.41, 5.74) is 1.45. The second-order valence-corrected chi connectivity index (χ2v) is 6.54. The molecule has 1 saturated heterocycles. The molecule has 8 nitrogen and oxygen atoms in total. The number of amides is 3. The molecule has 0 radical (unpaired) electrons. The number of halogens is 1. The van der Waals surface area contributed by atoms with Gasteiger partial charge in [-0.25, -0.2) is 9.59 Å². The van der Waals surface area contributed by atoms with Crippen LogP contribution in [0.4, 0.5) is 4.79 Å². The lowest BCUT2D eigenvalue weighted by molar-refractivity contribution is -0.139. The van der Waals surface area contributed by atoms with Gasteiger partial charge in [0.1, 0.15) is 5.70 Å². The van der Waals surface area contributed by atoms with Gasteiger partial charge in [-0.15, -0.1) is 0 Å². The van der Waals surface area contributed by atoms with Crippen LogP contribution < -0.4 is 14.8 Å². The Labute approximate surface area is 171 Å². The van der Waals surface area contributed by atoms with Gasteiger partial charge >= 0.3 is 12.0 Å². The van der Waals surface area contributed by atoms with Crippen molar-refractivity contribution in [2.45, 2.75) is 6.54 Å². The van der Waals surface area contributed by atoms with Crippen LogP contribution in [-0.2, 0) is 16.1 Å². The number of carboxylic acid groups (broad SMARTS) is 1. The number of aliphatic carboxylic acids is 1. The van der Waals surface area contributed by atoms with Crippen molar-refractivity contribution in [3.05, 3.63) is 64.3 Å². The summed E-state index contributed by atoms with van der Waals surface area (Å²) >= 11 is 5.85. The zero-order valence-electron chi connectivity index (χ0n) is 15.3. The zero-order chi connectivity index (χ0) is 21.0. The number of urea groups is 1. The van der Waals surface area contributed by atoms with E-state index < -0.39 is 24.5 Å². The van der Waals surface area contributed by atoms with Gasteiger partial charge in [0.15, 0.2) is 18.1 Å². The van der Waals surface area contributed by atoms with Gasteiger partial charge in [-0.2, -0.15) is 0 Å². The molecule has 2 N–H and O–H groups in total. The molecule has 0 atom stereocenters. The summed E-state index contributed by atoms with van der Waals surface area (Å²) < 4.78 is 10.3. The minimum absolute atomic E-state index is 0.116. The van der Waals surface area contributed by atoms with Gasteiger partial charge in [-0.1, -0.05) is 29.8 Å². The number of ether oxygens (including phenoxy) is 2. The smallest absolute Gasteiger partial charge is 0.341 e. The molecule has 150 valence electrons. The topological polar surface area (TPSA) is 105 Å². The van der Waals surface area contributed by atoms with E-state index in [4.69, 9.17) is 26.2 Å². The molecule has 2 aromatic rings. The average Bonchev–Trinajstić information content (AvgIpc) is 2.95. The maximum atomic E-state index is 12.6. The molecule has 0 aliphatic carbocycles. The molecular formula is C20H17ClN2O6. The number of carboxylic acids is 1. The maximum Gasteiger partial charge on any atom is 0.341 e. The van der Waals surface area contributed by atoms with E-state index in [0.717, 1.165) is 10.5 Å². The van der Waals surface area contributed by atoms with Crippen LogP contribution in [0.2, 0.25) is 5.02 Å². The Morgan fingerprint density at radius 3 is 2.55 bits per heavy atom. The molecule has 0 saturated carbocycles. The highest BCUT2D eigenvalue weighted by atomic mass is 35.5. The molecule has 1 aliphatic heterocycles. The van der Waals surface area contributed by atoms with E-state index in [-0.39, 0.29) is 18.0 Å². The van der Waals surface area contributed by atoms with E-state index in [1.54, 1.807) is 36.4 Å². The van der Waals surface area contributed by atoms with Crippen molar-refractivity contribution in [2.24, 2.45) is 0 Å². The van der Waals surface area contributed by atoms with Crippen LogP contribution in [0, 0.1) is 0 Å². The fourth-order valence-electron chi connectivity index (χ4n) is 2.69. The SMILES string of the molecule is COc1cc(C=C2NC(=O)N(Cc3ccc(Cl)cc3)C2=O)ccc1OCC(=O)O. The van der Waals surface area contributed by atoms with E-state index in [1.165, 1.54) is 19.3 Å². The number of methoxy groups -OCH3 is 1. The van der Waals surface area contributed by atoms with Crippen molar-refractivity contribution < 1.29 is 29.0 Å². The highest BCUT2D eigenvalue weighted by Crippen LogP contribution is 2.29. The fraction of sp³-hybridized carbons (Fsp3) is 0.150. The van der Waals surface area contributed by atoms with E-state index in [0.29, 0.717) is 16.3 Å². The Morgan fingerprint density at radius 1 is 1.17 bits per heavy atom. The Morgan fingerprint density at radius 2 is 1.90 bits per heavy atom. The van der Waals surface area contributed by atoms with Crippen LogP contribution in [0.3, 0.4) is 0 Å². The lowest BCUT2D eigenvalue weighted by atomic mass is 10.1. The number of benzene rings is 2. The summed E-state index contributed by atoms with van der Waals surface area (Å²) in [6, 6.07) is 11.1. The molecule has 3 rings (SSSR count). The molecule has 3 amide bonds. The molecule has 1 aliphatic rings. The second kappa shape index (κ2) is 8.66. The van der Waals surface area contributed by atoms with Gasteiger partial charge in [0.05, 0.1) is 13.7 Å². The summed E-state index contributed by atoms with van der Waals surface area (Å²) in [5, 5.41) is 11.8. The van der Waals surface area contributed by atoms with E-state index in [2.05, 4.69) is 5.32 Å². The maximum absolute atomic E-state index is 12.6. The quantitative estimate of drug-likeness (QED) is 0.531. The highest BCUT2D eigenvalue weighted by Gasteiger charge is 2.33. The Kier molecular flexibility index (Phi) is 6.04. The van der Waals surface area contributed by atoms with Gasteiger partial charge < -0.3 is 19.9 Å². The number of hydrogen-bond acceptors (Lipinski definition) is 5. The Balaban J connectivity index is 1.78. The lowest BCUT2D eigenvalue weighted by Crippen LogP contribution is -2.30. The monoisotopic (exact) mass is 416 g/mol. The predicted octanol–water partition coefficient (Wildman–Crippen LogP) is 2.90. The molecule has 29 heavy (non-hydrogen) atoms. The number of nitrogens with zero attached hydrogens (tertiary/aromatic N) is 1. The van der Waals surface area contributed by atoms with Crippen LogP contribution in [0.1, 0.15) is 11.1 Å². The fourth-order valence-corrected chi connectivity index (χ4v) is 2.81. The molecule has 1 heterocycles. The minimum atomic E-state index is -1.11. The van der Waals surface area contributed by atoms with Crippen molar-refractivity contribution in [3.8, 4) is 11.5 Å². The lowest BCUT2D eigenvalue weighted by Gasteiger charge is -2.11. The number of nitrogens with one attached hydrogen (secondary N) is 1. The largest absolute Gasteiger partial charge is 0.493 e. The summed E-state index contributed by atoms with van der Waals surface area (Å²) in [4.78, 5) is 36.6. The first-order valence-corrected chi connectivity index (χ1v) is 8.87. The molecule has 1 fully saturated rings. The normalized spacial score (nSPS) is 14.8. The van der Waals surface area contributed by atoms with Crippen LogP contribution in [0.5, 0.6) is 11.5 Å². The predicted molar refractivity (Wildman–Crippen MR) is 105 cm³/mol. The molecule has 0 bridgehead atoms. The molecule has 9 heteroatoms. The third-order valence-corrected chi connectivity index (χ3v) is 4.32.